The lowest BCUT2D eigenvalue weighted by Gasteiger charge is -2.16. The fourth-order valence-corrected chi connectivity index (χ4v) is 4.60. The van der Waals surface area contributed by atoms with Gasteiger partial charge in [-0.15, -0.1) is 0 Å². The van der Waals surface area contributed by atoms with Crippen LogP contribution in [0.1, 0.15) is 18.4 Å². The Morgan fingerprint density at radius 1 is 1.12 bits per heavy atom. The molecule has 1 amide bonds. The van der Waals surface area contributed by atoms with E-state index in [0.29, 0.717) is 32.5 Å². The SMILES string of the molecule is O=C(CC1CCN(S(=O)(=O)c2ccc(F)cc2)C1)NCc1ccccc1. The Hall–Kier alpha value is -2.25. The molecule has 0 bridgehead atoms. The van der Waals surface area contributed by atoms with E-state index in [0.717, 1.165) is 17.7 Å². The molecule has 7 heteroatoms. The van der Waals surface area contributed by atoms with Crippen LogP contribution in [0.15, 0.2) is 59.5 Å². The molecule has 1 saturated heterocycles. The van der Waals surface area contributed by atoms with Crippen LogP contribution in [0.4, 0.5) is 4.39 Å². The number of carbonyl (C=O) groups excluding carboxylic acids is 1. The van der Waals surface area contributed by atoms with Gasteiger partial charge in [0.2, 0.25) is 15.9 Å². The number of halogens is 1. The molecule has 1 heterocycles. The molecule has 2 aromatic rings. The molecule has 1 aliphatic rings. The van der Waals surface area contributed by atoms with Crippen molar-refractivity contribution in [3.8, 4) is 0 Å². The highest BCUT2D eigenvalue weighted by molar-refractivity contribution is 7.89. The summed E-state index contributed by atoms with van der Waals surface area (Å²) >= 11 is 0. The van der Waals surface area contributed by atoms with Gasteiger partial charge in [-0.2, -0.15) is 4.31 Å². The highest BCUT2D eigenvalue weighted by Crippen LogP contribution is 2.26. The van der Waals surface area contributed by atoms with E-state index in [-0.39, 0.29) is 16.7 Å². The maximum atomic E-state index is 13.0. The smallest absolute Gasteiger partial charge is 0.243 e. The second-order valence-corrected chi connectivity index (χ2v) is 8.38. The molecule has 26 heavy (non-hydrogen) atoms. The van der Waals surface area contributed by atoms with Crippen LogP contribution in [0.2, 0.25) is 0 Å². The van der Waals surface area contributed by atoms with E-state index in [1.807, 2.05) is 30.3 Å². The topological polar surface area (TPSA) is 66.5 Å². The van der Waals surface area contributed by atoms with Crippen molar-refractivity contribution in [2.75, 3.05) is 13.1 Å². The Balaban J connectivity index is 1.53. The zero-order valence-electron chi connectivity index (χ0n) is 14.3. The van der Waals surface area contributed by atoms with E-state index in [4.69, 9.17) is 0 Å². The molecule has 0 spiro atoms. The first kappa shape index (κ1) is 18.5. The van der Waals surface area contributed by atoms with Crippen LogP contribution in [0.5, 0.6) is 0 Å². The van der Waals surface area contributed by atoms with Crippen molar-refractivity contribution < 1.29 is 17.6 Å². The van der Waals surface area contributed by atoms with Gasteiger partial charge in [0.15, 0.2) is 0 Å². The molecule has 0 radical (unpaired) electrons. The number of carbonyl (C=O) groups is 1. The van der Waals surface area contributed by atoms with Crippen LogP contribution in [0, 0.1) is 11.7 Å². The van der Waals surface area contributed by atoms with E-state index < -0.39 is 15.8 Å². The predicted molar refractivity (Wildman–Crippen MR) is 96.2 cm³/mol. The van der Waals surface area contributed by atoms with E-state index in [1.54, 1.807) is 0 Å². The van der Waals surface area contributed by atoms with Gasteiger partial charge in [-0.25, -0.2) is 12.8 Å². The summed E-state index contributed by atoms with van der Waals surface area (Å²) in [5.74, 6) is -0.570. The van der Waals surface area contributed by atoms with Gasteiger partial charge in [-0.05, 0) is 42.2 Å². The van der Waals surface area contributed by atoms with Gasteiger partial charge in [0.25, 0.3) is 0 Å². The molecule has 1 fully saturated rings. The standard InChI is InChI=1S/C19H21FN2O3S/c20-17-6-8-18(9-7-17)26(24,25)22-11-10-16(14-22)12-19(23)21-13-15-4-2-1-3-5-15/h1-9,16H,10-14H2,(H,21,23). The number of nitrogens with one attached hydrogen (secondary N) is 1. The molecule has 138 valence electrons. The summed E-state index contributed by atoms with van der Waals surface area (Å²) in [7, 11) is -3.64. The van der Waals surface area contributed by atoms with Crippen molar-refractivity contribution in [1.29, 1.82) is 0 Å². The van der Waals surface area contributed by atoms with Crippen molar-refractivity contribution in [2.45, 2.75) is 24.3 Å². The van der Waals surface area contributed by atoms with Gasteiger partial charge in [-0.1, -0.05) is 30.3 Å². The summed E-state index contributed by atoms with van der Waals surface area (Å²) in [5.41, 5.74) is 1.02. The Kier molecular flexibility index (Phi) is 5.68. The maximum Gasteiger partial charge on any atom is 0.243 e. The summed E-state index contributed by atoms with van der Waals surface area (Å²) in [4.78, 5) is 12.2. The lowest BCUT2D eigenvalue weighted by molar-refractivity contribution is -0.122. The van der Waals surface area contributed by atoms with Gasteiger partial charge in [-0.3, -0.25) is 4.79 Å². The third-order valence-corrected chi connectivity index (χ3v) is 6.39. The number of sulfonamides is 1. The zero-order valence-corrected chi connectivity index (χ0v) is 15.1. The molecule has 2 aromatic carbocycles. The highest BCUT2D eigenvalue weighted by atomic mass is 32.2. The van der Waals surface area contributed by atoms with Crippen LogP contribution < -0.4 is 5.32 Å². The Morgan fingerprint density at radius 2 is 1.81 bits per heavy atom. The largest absolute Gasteiger partial charge is 0.352 e. The van der Waals surface area contributed by atoms with Gasteiger partial charge < -0.3 is 5.32 Å². The average Bonchev–Trinajstić information content (AvgIpc) is 3.10. The third kappa shape index (κ3) is 4.47. The first-order valence-corrected chi connectivity index (χ1v) is 9.95. The molecule has 1 N–H and O–H groups in total. The fourth-order valence-electron chi connectivity index (χ4n) is 3.07. The number of hydrogen-bond acceptors (Lipinski definition) is 3. The van der Waals surface area contributed by atoms with Gasteiger partial charge in [0.05, 0.1) is 4.90 Å². The minimum atomic E-state index is -3.64. The Morgan fingerprint density at radius 3 is 2.50 bits per heavy atom. The van der Waals surface area contributed by atoms with Crippen molar-refractivity contribution >= 4 is 15.9 Å². The highest BCUT2D eigenvalue weighted by Gasteiger charge is 2.33. The first-order valence-electron chi connectivity index (χ1n) is 8.51. The van der Waals surface area contributed by atoms with Crippen molar-refractivity contribution in [3.05, 3.63) is 66.0 Å². The second-order valence-electron chi connectivity index (χ2n) is 6.44. The van der Waals surface area contributed by atoms with Crippen LogP contribution in [-0.2, 0) is 21.4 Å². The number of benzene rings is 2. The number of nitrogens with zero attached hydrogens (tertiary/aromatic N) is 1. The molecule has 1 atom stereocenters. The third-order valence-electron chi connectivity index (χ3n) is 4.51. The predicted octanol–water partition coefficient (Wildman–Crippen LogP) is 2.54. The molecule has 3 rings (SSSR count). The van der Waals surface area contributed by atoms with Crippen molar-refractivity contribution in [2.24, 2.45) is 5.92 Å². The summed E-state index contributed by atoms with van der Waals surface area (Å²) < 4.78 is 39.6. The molecule has 5 nitrogen and oxygen atoms in total. The van der Waals surface area contributed by atoms with Crippen LogP contribution in [0.25, 0.3) is 0 Å². The quantitative estimate of drug-likeness (QED) is 0.843. The first-order chi connectivity index (χ1) is 12.4. The van der Waals surface area contributed by atoms with Gasteiger partial charge in [0.1, 0.15) is 5.82 Å². The van der Waals surface area contributed by atoms with Gasteiger partial charge in [0, 0.05) is 26.1 Å². The summed E-state index contributed by atoms with van der Waals surface area (Å²) in [6.45, 7) is 1.14. The molecule has 1 unspecified atom stereocenters. The minimum absolute atomic E-state index is 0.0130. The monoisotopic (exact) mass is 376 g/mol. The zero-order chi connectivity index (χ0) is 18.6. The van der Waals surface area contributed by atoms with Crippen LogP contribution in [-0.4, -0.2) is 31.7 Å². The number of rotatable bonds is 6. The summed E-state index contributed by atoms with van der Waals surface area (Å²) in [5, 5.41) is 2.87. The van der Waals surface area contributed by atoms with Crippen molar-refractivity contribution in [1.82, 2.24) is 9.62 Å². The van der Waals surface area contributed by atoms with Crippen molar-refractivity contribution in [3.63, 3.8) is 0 Å². The lowest BCUT2D eigenvalue weighted by atomic mass is 10.0. The normalized spacial score (nSPS) is 18.0. The summed E-state index contributed by atoms with van der Waals surface area (Å²) in [6, 6.07) is 14.4. The molecule has 1 aliphatic heterocycles. The van der Waals surface area contributed by atoms with E-state index in [2.05, 4.69) is 5.32 Å². The molecule has 0 aromatic heterocycles. The second kappa shape index (κ2) is 7.97. The summed E-state index contributed by atoms with van der Waals surface area (Å²) in [6.07, 6.45) is 0.932. The molecular weight excluding hydrogens is 355 g/mol. The van der Waals surface area contributed by atoms with E-state index >= 15 is 0 Å². The maximum absolute atomic E-state index is 13.0. The number of hydrogen-bond donors (Lipinski definition) is 1. The molecule has 0 saturated carbocycles. The Bertz CT molecular complexity index is 854. The van der Waals surface area contributed by atoms with E-state index in [1.165, 1.54) is 16.4 Å². The fraction of sp³-hybridized carbons (Fsp3) is 0.316. The van der Waals surface area contributed by atoms with Crippen LogP contribution in [0.3, 0.4) is 0 Å². The molecular formula is C19H21FN2O3S. The van der Waals surface area contributed by atoms with Crippen LogP contribution >= 0.6 is 0 Å². The minimum Gasteiger partial charge on any atom is -0.352 e. The molecule has 0 aliphatic carbocycles. The van der Waals surface area contributed by atoms with Gasteiger partial charge >= 0.3 is 0 Å². The average molecular weight is 376 g/mol. The Labute approximate surface area is 152 Å². The lowest BCUT2D eigenvalue weighted by Crippen LogP contribution is -2.30. The van der Waals surface area contributed by atoms with E-state index in [9.17, 15) is 17.6 Å². The number of amides is 1.